The Kier molecular flexibility index (Phi) is 5.99. The van der Waals surface area contributed by atoms with Gasteiger partial charge in [0.05, 0.1) is 12.1 Å². The lowest BCUT2D eigenvalue weighted by atomic mass is 10.2. The van der Waals surface area contributed by atoms with Crippen LogP contribution < -0.4 is 21.3 Å². The van der Waals surface area contributed by atoms with Crippen molar-refractivity contribution in [2.24, 2.45) is 0 Å². The molecule has 0 aliphatic carbocycles. The van der Waals surface area contributed by atoms with E-state index in [4.69, 9.17) is 0 Å². The number of nitrogens with one attached hydrogen (secondary N) is 4. The molecule has 4 amide bonds. The van der Waals surface area contributed by atoms with Crippen molar-refractivity contribution < 1.29 is 19.2 Å². The van der Waals surface area contributed by atoms with Crippen molar-refractivity contribution in [1.29, 1.82) is 0 Å². The number of thiazole rings is 1. The number of carbonyl (C=O) groups excluding carboxylic acids is 4. The van der Waals surface area contributed by atoms with Crippen LogP contribution in [0.2, 0.25) is 0 Å². The number of rotatable bonds is 6. The minimum atomic E-state index is -0.543. The Labute approximate surface area is 164 Å². The van der Waals surface area contributed by atoms with E-state index in [0.717, 1.165) is 0 Å². The van der Waals surface area contributed by atoms with Crippen LogP contribution in [0.3, 0.4) is 0 Å². The van der Waals surface area contributed by atoms with Gasteiger partial charge in [0, 0.05) is 30.1 Å². The van der Waals surface area contributed by atoms with E-state index in [1.54, 1.807) is 29.6 Å². The lowest BCUT2D eigenvalue weighted by molar-refractivity contribution is -0.122. The SMILES string of the molecule is CC(=O)Nc1cccc(NC(=O)Cc2csc(NC(=O)[C@@H]3CCC(=O)N3)n2)c1. The van der Waals surface area contributed by atoms with E-state index in [2.05, 4.69) is 26.3 Å². The van der Waals surface area contributed by atoms with Gasteiger partial charge in [0.2, 0.25) is 23.6 Å². The maximum atomic E-state index is 12.2. The molecule has 28 heavy (non-hydrogen) atoms. The third-order valence-corrected chi connectivity index (χ3v) is 4.71. The van der Waals surface area contributed by atoms with Gasteiger partial charge in [-0.05, 0) is 24.6 Å². The molecule has 2 heterocycles. The molecule has 1 aromatic carbocycles. The Balaban J connectivity index is 1.53. The van der Waals surface area contributed by atoms with Crippen molar-refractivity contribution in [3.05, 3.63) is 35.3 Å². The minimum absolute atomic E-state index is 0.0386. The van der Waals surface area contributed by atoms with Crippen molar-refractivity contribution in [1.82, 2.24) is 10.3 Å². The van der Waals surface area contributed by atoms with Gasteiger partial charge in [-0.1, -0.05) is 6.07 Å². The monoisotopic (exact) mass is 401 g/mol. The molecule has 0 spiro atoms. The van der Waals surface area contributed by atoms with Crippen LogP contribution >= 0.6 is 11.3 Å². The zero-order valence-electron chi connectivity index (χ0n) is 15.1. The van der Waals surface area contributed by atoms with Gasteiger partial charge in [-0.25, -0.2) is 4.98 Å². The zero-order valence-corrected chi connectivity index (χ0v) is 15.9. The fraction of sp³-hybridized carbons (Fsp3) is 0.278. The molecule has 1 atom stereocenters. The summed E-state index contributed by atoms with van der Waals surface area (Å²) in [7, 11) is 0. The fourth-order valence-corrected chi connectivity index (χ4v) is 3.41. The van der Waals surface area contributed by atoms with Crippen LogP contribution in [0.1, 0.15) is 25.5 Å². The quantitative estimate of drug-likeness (QED) is 0.583. The molecular weight excluding hydrogens is 382 g/mol. The molecule has 1 aliphatic rings. The van der Waals surface area contributed by atoms with Crippen LogP contribution in [0, 0.1) is 0 Å². The van der Waals surface area contributed by atoms with Gasteiger partial charge in [0.25, 0.3) is 0 Å². The van der Waals surface area contributed by atoms with Gasteiger partial charge in [-0.15, -0.1) is 11.3 Å². The Bertz CT molecular complexity index is 926. The van der Waals surface area contributed by atoms with Crippen molar-refractivity contribution in [2.45, 2.75) is 32.2 Å². The predicted molar refractivity (Wildman–Crippen MR) is 105 cm³/mol. The van der Waals surface area contributed by atoms with E-state index in [1.807, 2.05) is 0 Å². The molecule has 4 N–H and O–H groups in total. The molecule has 146 valence electrons. The number of hydrogen-bond acceptors (Lipinski definition) is 6. The second-order valence-electron chi connectivity index (χ2n) is 6.28. The highest BCUT2D eigenvalue weighted by Crippen LogP contribution is 2.19. The number of carbonyl (C=O) groups is 4. The standard InChI is InChI=1S/C18H19N5O4S/c1-10(24)19-11-3-2-4-12(7-11)20-16(26)8-13-9-28-18(21-13)23-17(27)14-5-6-15(25)22-14/h2-4,7,9,14H,5-6,8H2,1H3,(H,19,24)(H,20,26)(H,22,25)(H,21,23,27)/t14-/m0/s1. The molecule has 1 aromatic heterocycles. The van der Waals surface area contributed by atoms with Crippen LogP contribution in [-0.2, 0) is 25.6 Å². The summed E-state index contributed by atoms with van der Waals surface area (Å²) in [6.45, 7) is 1.41. The first kappa shape index (κ1) is 19.5. The van der Waals surface area contributed by atoms with Crippen LogP contribution in [-0.4, -0.2) is 34.7 Å². The second kappa shape index (κ2) is 8.61. The van der Waals surface area contributed by atoms with Crippen LogP contribution in [0.15, 0.2) is 29.6 Å². The maximum absolute atomic E-state index is 12.2. The number of aromatic nitrogens is 1. The largest absolute Gasteiger partial charge is 0.344 e. The Morgan fingerprint density at radius 1 is 1.21 bits per heavy atom. The predicted octanol–water partition coefficient (Wildman–Crippen LogP) is 1.50. The molecule has 0 saturated carbocycles. The minimum Gasteiger partial charge on any atom is -0.344 e. The smallest absolute Gasteiger partial charge is 0.248 e. The number of benzene rings is 1. The molecule has 2 aromatic rings. The van der Waals surface area contributed by atoms with Gasteiger partial charge >= 0.3 is 0 Å². The Hall–Kier alpha value is -3.27. The van der Waals surface area contributed by atoms with E-state index in [1.165, 1.54) is 18.3 Å². The van der Waals surface area contributed by atoms with E-state index in [9.17, 15) is 19.2 Å². The number of hydrogen-bond donors (Lipinski definition) is 4. The highest BCUT2D eigenvalue weighted by atomic mass is 32.1. The Morgan fingerprint density at radius 2 is 1.96 bits per heavy atom. The average molecular weight is 401 g/mol. The second-order valence-corrected chi connectivity index (χ2v) is 7.14. The highest BCUT2D eigenvalue weighted by Gasteiger charge is 2.27. The molecule has 1 fully saturated rings. The first-order valence-corrected chi connectivity index (χ1v) is 9.49. The van der Waals surface area contributed by atoms with Gasteiger partial charge < -0.3 is 21.3 Å². The first-order chi connectivity index (χ1) is 13.4. The van der Waals surface area contributed by atoms with E-state index in [0.29, 0.717) is 35.0 Å². The van der Waals surface area contributed by atoms with Crippen LogP contribution in [0.4, 0.5) is 16.5 Å². The summed E-state index contributed by atoms with van der Waals surface area (Å²) in [5.41, 5.74) is 1.66. The van der Waals surface area contributed by atoms with Crippen LogP contribution in [0.5, 0.6) is 0 Å². The van der Waals surface area contributed by atoms with E-state index < -0.39 is 6.04 Å². The van der Waals surface area contributed by atoms with E-state index >= 15 is 0 Å². The molecule has 3 rings (SSSR count). The highest BCUT2D eigenvalue weighted by molar-refractivity contribution is 7.13. The molecule has 1 aliphatic heterocycles. The fourth-order valence-electron chi connectivity index (χ4n) is 2.70. The van der Waals surface area contributed by atoms with Gasteiger partial charge in [0.15, 0.2) is 5.13 Å². The molecule has 0 radical (unpaired) electrons. The molecule has 0 unspecified atom stereocenters. The summed E-state index contributed by atoms with van der Waals surface area (Å²) in [4.78, 5) is 50.8. The van der Waals surface area contributed by atoms with E-state index in [-0.39, 0.29) is 30.0 Å². The topological polar surface area (TPSA) is 129 Å². The molecule has 9 nitrogen and oxygen atoms in total. The van der Waals surface area contributed by atoms with Crippen LogP contribution in [0.25, 0.3) is 0 Å². The van der Waals surface area contributed by atoms with Gasteiger partial charge in [-0.3, -0.25) is 19.2 Å². The summed E-state index contributed by atoms with van der Waals surface area (Å²) < 4.78 is 0. The third-order valence-electron chi connectivity index (χ3n) is 3.90. The number of nitrogens with zero attached hydrogens (tertiary/aromatic N) is 1. The Morgan fingerprint density at radius 3 is 2.64 bits per heavy atom. The molecule has 10 heteroatoms. The summed E-state index contributed by atoms with van der Waals surface area (Å²) in [5, 5.41) is 12.7. The molecule has 0 bridgehead atoms. The summed E-state index contributed by atoms with van der Waals surface area (Å²) in [6, 6.07) is 6.27. The first-order valence-electron chi connectivity index (χ1n) is 8.61. The molecular formula is C18H19N5O4S. The third kappa shape index (κ3) is 5.36. The van der Waals surface area contributed by atoms with Crippen molar-refractivity contribution in [3.63, 3.8) is 0 Å². The summed E-state index contributed by atoms with van der Waals surface area (Å²) in [5.74, 6) is -0.922. The van der Waals surface area contributed by atoms with Crippen molar-refractivity contribution in [2.75, 3.05) is 16.0 Å². The summed E-state index contributed by atoms with van der Waals surface area (Å²) >= 11 is 1.21. The normalized spacial score (nSPS) is 15.6. The van der Waals surface area contributed by atoms with Gasteiger partial charge in [-0.2, -0.15) is 0 Å². The lowest BCUT2D eigenvalue weighted by Gasteiger charge is -2.08. The lowest BCUT2D eigenvalue weighted by Crippen LogP contribution is -2.37. The van der Waals surface area contributed by atoms with Gasteiger partial charge in [0.1, 0.15) is 6.04 Å². The maximum Gasteiger partial charge on any atom is 0.248 e. The molecule has 1 saturated heterocycles. The summed E-state index contributed by atoms with van der Waals surface area (Å²) in [6.07, 6.45) is 0.838. The zero-order chi connectivity index (χ0) is 20.1. The number of anilines is 3. The van der Waals surface area contributed by atoms with Crippen molar-refractivity contribution >= 4 is 51.5 Å². The average Bonchev–Trinajstić information content (AvgIpc) is 3.23. The number of amides is 4. The van der Waals surface area contributed by atoms with Crippen molar-refractivity contribution in [3.8, 4) is 0 Å².